The lowest BCUT2D eigenvalue weighted by Crippen LogP contribution is -2.23. The molecule has 0 aromatic heterocycles. The summed E-state index contributed by atoms with van der Waals surface area (Å²) in [4.78, 5) is 31.5. The first-order chi connectivity index (χ1) is 9.45. The van der Waals surface area contributed by atoms with Gasteiger partial charge in [-0.3, -0.25) is 14.9 Å². The van der Waals surface area contributed by atoms with Crippen LogP contribution in [-0.4, -0.2) is 35.8 Å². The van der Waals surface area contributed by atoms with E-state index < -0.39 is 16.9 Å². The molecule has 9 heteroatoms. The van der Waals surface area contributed by atoms with Crippen LogP contribution in [0.1, 0.15) is 10.4 Å². The first-order valence-corrected chi connectivity index (χ1v) is 5.98. The van der Waals surface area contributed by atoms with Gasteiger partial charge in [0.15, 0.2) is 0 Å². The molecule has 1 aromatic carbocycles. The number of carboxylic acids is 1. The Morgan fingerprint density at radius 3 is 2.55 bits per heavy atom. The Hall–Kier alpha value is -2.29. The predicted octanol–water partition coefficient (Wildman–Crippen LogP) is -0.190. The van der Waals surface area contributed by atoms with Crippen molar-refractivity contribution in [1.82, 2.24) is 0 Å². The molecule has 0 atom stereocenters. The molecular formula is C11H10NO7S-. The Labute approximate surface area is 118 Å². The van der Waals surface area contributed by atoms with Crippen molar-refractivity contribution in [2.75, 3.05) is 19.0 Å². The lowest BCUT2D eigenvalue weighted by atomic mass is 10.2. The van der Waals surface area contributed by atoms with Gasteiger partial charge >= 0.3 is 5.97 Å². The van der Waals surface area contributed by atoms with Crippen LogP contribution in [0.25, 0.3) is 0 Å². The van der Waals surface area contributed by atoms with Crippen LogP contribution < -0.4 is 9.84 Å². The second-order valence-corrected chi connectivity index (χ2v) is 3.77. The summed E-state index contributed by atoms with van der Waals surface area (Å²) in [6.07, 6.45) is 0. The number of thiol groups is 1. The Morgan fingerprint density at radius 1 is 1.30 bits per heavy atom. The summed E-state index contributed by atoms with van der Waals surface area (Å²) in [6, 6.07) is 3.01. The maximum atomic E-state index is 10.8. The van der Waals surface area contributed by atoms with Gasteiger partial charge in [0, 0.05) is 11.6 Å². The van der Waals surface area contributed by atoms with Crippen molar-refractivity contribution in [3.05, 3.63) is 33.9 Å². The molecule has 0 N–H and O–H groups in total. The number of hydrogen-bond donors (Lipinski definition) is 1. The van der Waals surface area contributed by atoms with Crippen LogP contribution in [0, 0.1) is 10.1 Å². The third-order valence-electron chi connectivity index (χ3n) is 2.13. The van der Waals surface area contributed by atoms with Gasteiger partial charge in [0.2, 0.25) is 0 Å². The standard InChI is InChI=1S/C11H11NO7S/c13-10(6-20)19-4-3-18-9-5-7(12(16)17)1-2-8(9)11(14)15/h1-2,5,20H,3-4,6H2,(H,14,15)/p-1. The molecular weight excluding hydrogens is 290 g/mol. The molecule has 0 aliphatic heterocycles. The molecule has 0 saturated heterocycles. The van der Waals surface area contributed by atoms with Crippen LogP contribution in [-0.2, 0) is 9.53 Å². The quantitative estimate of drug-likeness (QED) is 0.244. The fourth-order valence-corrected chi connectivity index (χ4v) is 1.36. The van der Waals surface area contributed by atoms with E-state index in [-0.39, 0.29) is 36.0 Å². The van der Waals surface area contributed by atoms with E-state index in [1.165, 1.54) is 0 Å². The normalized spacial score (nSPS) is 9.85. The van der Waals surface area contributed by atoms with E-state index in [0.29, 0.717) is 0 Å². The van der Waals surface area contributed by atoms with Gasteiger partial charge in [-0.2, -0.15) is 12.6 Å². The minimum absolute atomic E-state index is 0.0961. The van der Waals surface area contributed by atoms with Gasteiger partial charge in [-0.15, -0.1) is 0 Å². The molecule has 20 heavy (non-hydrogen) atoms. The zero-order chi connectivity index (χ0) is 15.1. The Bertz CT molecular complexity index is 532. The van der Waals surface area contributed by atoms with Crippen LogP contribution in [0.4, 0.5) is 5.69 Å². The van der Waals surface area contributed by atoms with Crippen molar-refractivity contribution >= 4 is 30.3 Å². The third kappa shape index (κ3) is 4.43. The number of carbonyl (C=O) groups is 2. The fraction of sp³-hybridized carbons (Fsp3) is 0.273. The number of esters is 1. The summed E-state index contributed by atoms with van der Waals surface area (Å²) >= 11 is 3.69. The summed E-state index contributed by atoms with van der Waals surface area (Å²) in [6.45, 7) is -0.282. The molecule has 0 bridgehead atoms. The number of rotatable bonds is 7. The Balaban J connectivity index is 2.75. The molecule has 1 rings (SSSR count). The lowest BCUT2D eigenvalue weighted by Gasteiger charge is -2.12. The highest BCUT2D eigenvalue weighted by Gasteiger charge is 2.12. The zero-order valence-corrected chi connectivity index (χ0v) is 11.0. The molecule has 0 aliphatic carbocycles. The Kier molecular flexibility index (Phi) is 5.78. The van der Waals surface area contributed by atoms with Gasteiger partial charge in [-0.1, -0.05) is 0 Å². The van der Waals surface area contributed by atoms with Gasteiger partial charge in [0.25, 0.3) is 5.69 Å². The number of carboxylic acid groups (broad SMARTS) is 1. The predicted molar refractivity (Wildman–Crippen MR) is 67.7 cm³/mol. The van der Waals surface area contributed by atoms with Gasteiger partial charge < -0.3 is 19.4 Å². The van der Waals surface area contributed by atoms with E-state index in [1.54, 1.807) is 0 Å². The minimum atomic E-state index is -1.53. The number of nitrogens with zero attached hydrogens (tertiary/aromatic N) is 1. The van der Waals surface area contributed by atoms with Crippen molar-refractivity contribution in [3.63, 3.8) is 0 Å². The monoisotopic (exact) mass is 300 g/mol. The average Bonchev–Trinajstić information content (AvgIpc) is 2.42. The number of non-ortho nitro benzene ring substituents is 1. The zero-order valence-electron chi connectivity index (χ0n) is 10.1. The molecule has 0 spiro atoms. The summed E-state index contributed by atoms with van der Waals surface area (Å²) in [5.41, 5.74) is -0.645. The van der Waals surface area contributed by atoms with Crippen molar-refractivity contribution in [3.8, 4) is 5.75 Å². The maximum absolute atomic E-state index is 10.8. The van der Waals surface area contributed by atoms with Crippen LogP contribution in [0.15, 0.2) is 18.2 Å². The van der Waals surface area contributed by atoms with Gasteiger partial charge in [0.05, 0.1) is 22.7 Å². The van der Waals surface area contributed by atoms with Crippen molar-refractivity contribution in [1.29, 1.82) is 0 Å². The summed E-state index contributed by atoms with van der Waals surface area (Å²) in [5.74, 6) is -2.40. The van der Waals surface area contributed by atoms with Crippen molar-refractivity contribution in [2.24, 2.45) is 0 Å². The van der Waals surface area contributed by atoms with E-state index in [1.807, 2.05) is 0 Å². The molecule has 0 radical (unpaired) electrons. The topological polar surface area (TPSA) is 119 Å². The molecule has 0 fully saturated rings. The second-order valence-electron chi connectivity index (χ2n) is 3.45. The van der Waals surface area contributed by atoms with E-state index in [9.17, 15) is 24.8 Å². The molecule has 8 nitrogen and oxygen atoms in total. The van der Waals surface area contributed by atoms with Crippen molar-refractivity contribution < 1.29 is 29.1 Å². The van der Waals surface area contributed by atoms with E-state index in [2.05, 4.69) is 17.4 Å². The summed E-state index contributed by atoms with van der Waals surface area (Å²) in [5, 5.41) is 21.4. The van der Waals surface area contributed by atoms with Gasteiger partial charge in [-0.25, -0.2) is 0 Å². The molecule has 0 unspecified atom stereocenters. The van der Waals surface area contributed by atoms with Crippen LogP contribution >= 0.6 is 12.6 Å². The Morgan fingerprint density at radius 2 is 2.00 bits per heavy atom. The lowest BCUT2D eigenvalue weighted by molar-refractivity contribution is -0.384. The number of benzene rings is 1. The number of nitro groups is 1. The van der Waals surface area contributed by atoms with Gasteiger partial charge in [-0.05, 0) is 6.07 Å². The van der Waals surface area contributed by atoms with Crippen LogP contribution in [0.5, 0.6) is 5.75 Å². The van der Waals surface area contributed by atoms with Gasteiger partial charge in [0.1, 0.15) is 19.0 Å². The molecule has 0 heterocycles. The van der Waals surface area contributed by atoms with E-state index in [4.69, 9.17) is 4.74 Å². The summed E-state index contributed by atoms with van der Waals surface area (Å²) in [7, 11) is 0. The SMILES string of the molecule is O=C(CS)OCCOc1cc([N+](=O)[O-])ccc1C(=O)[O-]. The largest absolute Gasteiger partial charge is 0.545 e. The highest BCUT2D eigenvalue weighted by Crippen LogP contribution is 2.24. The van der Waals surface area contributed by atoms with E-state index >= 15 is 0 Å². The number of aromatic carboxylic acids is 1. The number of nitro benzene ring substituents is 1. The minimum Gasteiger partial charge on any atom is -0.545 e. The molecule has 108 valence electrons. The first kappa shape index (κ1) is 15.8. The van der Waals surface area contributed by atoms with Crippen LogP contribution in [0.2, 0.25) is 0 Å². The number of ether oxygens (including phenoxy) is 2. The number of hydrogen-bond acceptors (Lipinski definition) is 8. The average molecular weight is 300 g/mol. The molecule has 0 saturated carbocycles. The van der Waals surface area contributed by atoms with Crippen molar-refractivity contribution in [2.45, 2.75) is 0 Å². The smallest absolute Gasteiger partial charge is 0.315 e. The molecule has 0 aliphatic rings. The third-order valence-corrected chi connectivity index (χ3v) is 2.39. The highest BCUT2D eigenvalue weighted by molar-refractivity contribution is 7.81. The molecule has 1 aromatic rings. The summed E-state index contributed by atoms with van der Waals surface area (Å²) < 4.78 is 9.71. The maximum Gasteiger partial charge on any atom is 0.315 e. The first-order valence-electron chi connectivity index (χ1n) is 5.34. The molecule has 0 amide bonds. The second kappa shape index (κ2) is 7.34. The highest BCUT2D eigenvalue weighted by atomic mass is 32.1. The van der Waals surface area contributed by atoms with Crippen LogP contribution in [0.3, 0.4) is 0 Å². The number of carbonyl (C=O) groups excluding carboxylic acids is 2. The fourth-order valence-electron chi connectivity index (χ4n) is 1.27. The van der Waals surface area contributed by atoms with E-state index in [0.717, 1.165) is 18.2 Å².